The quantitative estimate of drug-likeness (QED) is 0.618. The minimum atomic E-state index is -1.07. The fourth-order valence-electron chi connectivity index (χ4n) is 2.91. The summed E-state index contributed by atoms with van der Waals surface area (Å²) in [5.74, 6) is -3.49. The summed E-state index contributed by atoms with van der Waals surface area (Å²) < 4.78 is 28.3. The Balaban J connectivity index is 1.54. The molecule has 0 aliphatic carbocycles. The van der Waals surface area contributed by atoms with E-state index in [4.69, 9.17) is 5.73 Å². The monoisotopic (exact) mass is 399 g/mol. The van der Waals surface area contributed by atoms with Gasteiger partial charge in [-0.1, -0.05) is 6.07 Å². The average Bonchev–Trinajstić information content (AvgIpc) is 3.27. The van der Waals surface area contributed by atoms with Gasteiger partial charge in [0.1, 0.15) is 17.2 Å². The summed E-state index contributed by atoms with van der Waals surface area (Å²) in [6, 6.07) is 9.75. The Morgan fingerprint density at radius 1 is 1.14 bits per heavy atom. The lowest BCUT2D eigenvalue weighted by atomic mass is 10.2. The largest absolute Gasteiger partial charge is 0.368 e. The van der Waals surface area contributed by atoms with E-state index in [1.165, 1.54) is 0 Å². The number of nitrogens with one attached hydrogen (secondary N) is 2. The van der Waals surface area contributed by atoms with Crippen molar-refractivity contribution in [2.24, 2.45) is 0 Å². The molecule has 2 aromatic carbocycles. The van der Waals surface area contributed by atoms with Crippen LogP contribution in [-0.2, 0) is 0 Å². The number of rotatable bonds is 4. The van der Waals surface area contributed by atoms with Crippen LogP contribution in [0.25, 0.3) is 0 Å². The van der Waals surface area contributed by atoms with Crippen LogP contribution in [0, 0.1) is 11.6 Å². The van der Waals surface area contributed by atoms with Crippen molar-refractivity contribution in [2.75, 3.05) is 29.0 Å². The first-order chi connectivity index (χ1) is 13.9. The maximum Gasteiger partial charge on any atom is 0.321 e. The van der Waals surface area contributed by atoms with Crippen molar-refractivity contribution in [1.29, 1.82) is 0 Å². The molecule has 9 nitrogen and oxygen atoms in total. The summed E-state index contributed by atoms with van der Waals surface area (Å²) in [7, 11) is 0. The standard InChI is InChI=1S/C18H15F2N7O2/c19-12-2-1-3-13(20)14(12)15(28)27-16(21)24-17(25-27)23-10-4-6-11(7-5-10)26-9-8-22-18(26)29/h1-7H,8-9H2,(H,22,29)(H3,21,23,24,25). The second kappa shape index (κ2) is 7.19. The van der Waals surface area contributed by atoms with Crippen LogP contribution < -0.4 is 21.3 Å². The van der Waals surface area contributed by atoms with E-state index in [1.54, 1.807) is 29.2 Å². The number of nitrogen functional groups attached to an aromatic ring is 1. The van der Waals surface area contributed by atoms with Crippen molar-refractivity contribution in [1.82, 2.24) is 20.1 Å². The number of amides is 2. The van der Waals surface area contributed by atoms with E-state index in [0.29, 0.717) is 29.1 Å². The smallest absolute Gasteiger partial charge is 0.321 e. The Morgan fingerprint density at radius 3 is 2.45 bits per heavy atom. The summed E-state index contributed by atoms with van der Waals surface area (Å²) in [5.41, 5.74) is 6.20. The van der Waals surface area contributed by atoms with Crippen LogP contribution in [0.15, 0.2) is 42.5 Å². The highest BCUT2D eigenvalue weighted by molar-refractivity contribution is 5.97. The highest BCUT2D eigenvalue weighted by Gasteiger charge is 2.23. The molecule has 2 amide bonds. The second-order valence-corrected chi connectivity index (χ2v) is 6.16. The predicted molar refractivity (Wildman–Crippen MR) is 101 cm³/mol. The zero-order valence-corrected chi connectivity index (χ0v) is 14.9. The van der Waals surface area contributed by atoms with Crippen LogP contribution in [0.1, 0.15) is 10.4 Å². The zero-order chi connectivity index (χ0) is 20.5. The van der Waals surface area contributed by atoms with Gasteiger partial charge in [0.15, 0.2) is 0 Å². The van der Waals surface area contributed by atoms with Gasteiger partial charge in [0.2, 0.25) is 11.9 Å². The number of urea groups is 1. The summed E-state index contributed by atoms with van der Waals surface area (Å²) in [6.45, 7) is 1.15. The summed E-state index contributed by atoms with van der Waals surface area (Å²) in [6.07, 6.45) is 0. The Labute approximate surface area is 163 Å². The Hall–Kier alpha value is -4.02. The van der Waals surface area contributed by atoms with Gasteiger partial charge in [0.05, 0.1) is 0 Å². The van der Waals surface area contributed by atoms with Gasteiger partial charge in [-0.15, -0.1) is 5.10 Å². The number of halogens is 2. The van der Waals surface area contributed by atoms with Gasteiger partial charge in [0, 0.05) is 24.5 Å². The van der Waals surface area contributed by atoms with Crippen molar-refractivity contribution in [3.63, 3.8) is 0 Å². The van der Waals surface area contributed by atoms with Crippen molar-refractivity contribution in [2.45, 2.75) is 0 Å². The normalized spacial score (nSPS) is 13.4. The van der Waals surface area contributed by atoms with E-state index in [1.807, 2.05) is 0 Å². The Morgan fingerprint density at radius 2 is 1.83 bits per heavy atom. The molecule has 0 atom stereocenters. The molecule has 3 aromatic rings. The van der Waals surface area contributed by atoms with Crippen molar-refractivity contribution in [3.8, 4) is 0 Å². The number of hydrogen-bond acceptors (Lipinski definition) is 6. The van der Waals surface area contributed by atoms with E-state index in [-0.39, 0.29) is 17.9 Å². The van der Waals surface area contributed by atoms with Gasteiger partial charge < -0.3 is 16.4 Å². The zero-order valence-electron chi connectivity index (χ0n) is 14.9. The molecular weight excluding hydrogens is 384 g/mol. The number of hydrogen-bond donors (Lipinski definition) is 3. The molecule has 1 aliphatic heterocycles. The Kier molecular flexibility index (Phi) is 4.55. The maximum absolute atomic E-state index is 13.9. The molecule has 1 aromatic heterocycles. The first-order valence-electron chi connectivity index (χ1n) is 8.58. The van der Waals surface area contributed by atoms with E-state index in [2.05, 4.69) is 20.7 Å². The fourth-order valence-corrected chi connectivity index (χ4v) is 2.91. The lowest BCUT2D eigenvalue weighted by Gasteiger charge is -2.14. The number of nitrogens with zero attached hydrogens (tertiary/aromatic N) is 4. The topological polar surface area (TPSA) is 118 Å². The van der Waals surface area contributed by atoms with Crippen molar-refractivity contribution >= 4 is 35.2 Å². The number of aromatic nitrogens is 3. The molecular formula is C18H15F2N7O2. The third-order valence-corrected chi connectivity index (χ3v) is 4.29. The molecule has 11 heteroatoms. The lowest BCUT2D eigenvalue weighted by molar-refractivity contribution is 0.0939. The van der Waals surface area contributed by atoms with Crippen LogP contribution in [-0.4, -0.2) is 39.8 Å². The molecule has 1 fully saturated rings. The third kappa shape index (κ3) is 3.45. The maximum atomic E-state index is 13.9. The highest BCUT2D eigenvalue weighted by atomic mass is 19.1. The summed E-state index contributed by atoms with van der Waals surface area (Å²) in [4.78, 5) is 29.6. The lowest BCUT2D eigenvalue weighted by Crippen LogP contribution is -2.27. The van der Waals surface area contributed by atoms with Gasteiger partial charge in [-0.25, -0.2) is 13.6 Å². The van der Waals surface area contributed by atoms with Gasteiger partial charge in [-0.2, -0.15) is 9.67 Å². The predicted octanol–water partition coefficient (Wildman–Crippen LogP) is 2.10. The first kappa shape index (κ1) is 18.3. The van der Waals surface area contributed by atoms with Gasteiger partial charge in [-0.3, -0.25) is 9.69 Å². The molecule has 1 aliphatic rings. The van der Waals surface area contributed by atoms with E-state index in [0.717, 1.165) is 18.2 Å². The average molecular weight is 399 g/mol. The van der Waals surface area contributed by atoms with Crippen LogP contribution in [0.2, 0.25) is 0 Å². The third-order valence-electron chi connectivity index (χ3n) is 4.29. The second-order valence-electron chi connectivity index (χ2n) is 6.16. The minimum absolute atomic E-state index is 0.0285. The van der Waals surface area contributed by atoms with E-state index < -0.39 is 23.1 Å². The number of anilines is 4. The van der Waals surface area contributed by atoms with Crippen LogP contribution in [0.5, 0.6) is 0 Å². The Bertz CT molecular complexity index is 1080. The number of carbonyl (C=O) groups is 2. The summed E-state index contributed by atoms with van der Waals surface area (Å²) >= 11 is 0. The molecule has 0 radical (unpaired) electrons. The first-order valence-corrected chi connectivity index (χ1v) is 8.58. The molecule has 29 heavy (non-hydrogen) atoms. The minimum Gasteiger partial charge on any atom is -0.368 e. The van der Waals surface area contributed by atoms with Crippen molar-refractivity contribution < 1.29 is 18.4 Å². The molecule has 0 saturated carbocycles. The van der Waals surface area contributed by atoms with Gasteiger partial charge >= 0.3 is 6.03 Å². The molecule has 0 unspecified atom stereocenters. The molecule has 0 bridgehead atoms. The molecule has 1 saturated heterocycles. The summed E-state index contributed by atoms with van der Waals surface area (Å²) in [5, 5.41) is 9.45. The number of carbonyl (C=O) groups excluding carboxylic acids is 2. The molecule has 4 rings (SSSR count). The fraction of sp³-hybridized carbons (Fsp3) is 0.111. The molecule has 4 N–H and O–H groups in total. The highest BCUT2D eigenvalue weighted by Crippen LogP contribution is 2.22. The van der Waals surface area contributed by atoms with Crippen LogP contribution >= 0.6 is 0 Å². The van der Waals surface area contributed by atoms with E-state index in [9.17, 15) is 18.4 Å². The number of benzene rings is 2. The molecule has 148 valence electrons. The van der Waals surface area contributed by atoms with Crippen LogP contribution in [0.4, 0.5) is 36.8 Å². The van der Waals surface area contributed by atoms with Crippen molar-refractivity contribution in [3.05, 3.63) is 59.7 Å². The van der Waals surface area contributed by atoms with Gasteiger partial charge in [0.25, 0.3) is 5.91 Å². The molecule has 2 heterocycles. The van der Waals surface area contributed by atoms with E-state index >= 15 is 0 Å². The van der Waals surface area contributed by atoms with Gasteiger partial charge in [-0.05, 0) is 36.4 Å². The number of nitrogens with two attached hydrogens (primary N) is 1. The van der Waals surface area contributed by atoms with Crippen LogP contribution in [0.3, 0.4) is 0 Å². The molecule has 0 spiro atoms. The SMILES string of the molecule is Nc1nc(Nc2ccc(N3CCNC3=O)cc2)nn1C(=O)c1c(F)cccc1F.